The van der Waals surface area contributed by atoms with Crippen molar-refractivity contribution in [2.45, 2.75) is 13.5 Å². The van der Waals surface area contributed by atoms with Gasteiger partial charge in [-0.15, -0.1) is 0 Å². The summed E-state index contributed by atoms with van der Waals surface area (Å²) in [7, 11) is 0. The van der Waals surface area contributed by atoms with Crippen LogP contribution < -0.4 is 0 Å². The van der Waals surface area contributed by atoms with Crippen molar-refractivity contribution >= 4 is 27.8 Å². The molecule has 2 atom stereocenters. The van der Waals surface area contributed by atoms with Gasteiger partial charge in [0, 0.05) is 19.0 Å². The Morgan fingerprint density at radius 3 is 2.65 bits per heavy atom. The lowest BCUT2D eigenvalue weighted by Gasteiger charge is -2.16. The first-order chi connectivity index (χ1) is 9.61. The van der Waals surface area contributed by atoms with E-state index in [0.717, 1.165) is 5.56 Å². The van der Waals surface area contributed by atoms with Gasteiger partial charge in [0.05, 0.1) is 5.33 Å². The van der Waals surface area contributed by atoms with E-state index in [1.54, 1.807) is 4.90 Å². The molecular weight excluding hydrogens is 322 g/mol. The molecule has 1 aliphatic heterocycles. The average molecular weight is 340 g/mol. The van der Waals surface area contributed by atoms with Crippen molar-refractivity contribution in [1.82, 2.24) is 4.90 Å². The first-order valence-electron chi connectivity index (χ1n) is 6.66. The van der Waals surface area contributed by atoms with Gasteiger partial charge in [0.15, 0.2) is 0 Å². The number of likely N-dealkylation sites (tertiary alicyclic amines) is 1. The third-order valence-corrected chi connectivity index (χ3v) is 4.17. The summed E-state index contributed by atoms with van der Waals surface area (Å²) in [6.45, 7) is 3.30. The van der Waals surface area contributed by atoms with Crippen LogP contribution in [0.25, 0.3) is 0 Å². The Morgan fingerprint density at radius 1 is 1.30 bits per heavy atom. The predicted octanol–water partition coefficient (Wildman–Crippen LogP) is 2.86. The van der Waals surface area contributed by atoms with Crippen LogP contribution in [0.2, 0.25) is 0 Å². The summed E-state index contributed by atoms with van der Waals surface area (Å²) in [5, 5.41) is 0.342. The summed E-state index contributed by atoms with van der Waals surface area (Å²) in [5.41, 5.74) is 0.959. The van der Waals surface area contributed by atoms with Gasteiger partial charge in [-0.2, -0.15) is 0 Å². The summed E-state index contributed by atoms with van der Waals surface area (Å²) in [5.74, 6) is 0.249. The highest BCUT2D eigenvalue weighted by atomic mass is 79.9. The number of hydrogen-bond donors (Lipinski definition) is 0. The molecular formula is C15H18BrNO3. The molecule has 0 N–H and O–H groups in total. The van der Waals surface area contributed by atoms with Gasteiger partial charge in [-0.1, -0.05) is 53.2 Å². The van der Waals surface area contributed by atoms with Crippen LogP contribution in [0.15, 0.2) is 30.3 Å². The fourth-order valence-electron chi connectivity index (χ4n) is 2.44. The Balaban J connectivity index is 1.86. The van der Waals surface area contributed by atoms with Crippen molar-refractivity contribution in [2.24, 2.45) is 11.8 Å². The van der Waals surface area contributed by atoms with E-state index in [0.29, 0.717) is 18.4 Å². The Labute approximate surface area is 127 Å². The zero-order valence-corrected chi connectivity index (χ0v) is 13.0. The van der Waals surface area contributed by atoms with Crippen LogP contribution in [0, 0.1) is 11.8 Å². The summed E-state index contributed by atoms with van der Waals surface area (Å²) < 4.78 is 5.29. The molecule has 2 rings (SSSR count). The summed E-state index contributed by atoms with van der Waals surface area (Å²) in [4.78, 5) is 25.4. The second kappa shape index (κ2) is 6.88. The van der Waals surface area contributed by atoms with Crippen molar-refractivity contribution in [1.29, 1.82) is 0 Å². The fourth-order valence-corrected chi connectivity index (χ4v) is 2.86. The number of amides is 1. The van der Waals surface area contributed by atoms with Gasteiger partial charge >= 0.3 is 6.09 Å². The number of carbonyl (C=O) groups is 2. The van der Waals surface area contributed by atoms with Crippen LogP contribution in [0.4, 0.5) is 4.79 Å². The monoisotopic (exact) mass is 339 g/mol. The number of ketones is 1. The van der Waals surface area contributed by atoms with Crippen molar-refractivity contribution in [2.75, 3.05) is 18.4 Å². The van der Waals surface area contributed by atoms with Gasteiger partial charge < -0.3 is 9.64 Å². The normalized spacial score (nSPS) is 21.8. The molecule has 1 fully saturated rings. The third-order valence-electron chi connectivity index (χ3n) is 3.62. The number of carbonyl (C=O) groups excluding carboxylic acids is 2. The molecule has 1 aromatic carbocycles. The van der Waals surface area contributed by atoms with Crippen molar-refractivity contribution < 1.29 is 14.3 Å². The van der Waals surface area contributed by atoms with Crippen LogP contribution >= 0.6 is 15.9 Å². The predicted molar refractivity (Wildman–Crippen MR) is 79.7 cm³/mol. The summed E-state index contributed by atoms with van der Waals surface area (Å²) in [6.07, 6.45) is -0.342. The smallest absolute Gasteiger partial charge is 0.410 e. The van der Waals surface area contributed by atoms with Crippen molar-refractivity contribution in [3.05, 3.63) is 35.9 Å². The van der Waals surface area contributed by atoms with Crippen molar-refractivity contribution in [3.63, 3.8) is 0 Å². The molecule has 0 spiro atoms. The van der Waals surface area contributed by atoms with Crippen LogP contribution in [0.5, 0.6) is 0 Å². The lowest BCUT2D eigenvalue weighted by atomic mass is 9.95. The molecule has 5 heteroatoms. The number of rotatable bonds is 4. The number of benzene rings is 1. The van der Waals surface area contributed by atoms with E-state index in [-0.39, 0.29) is 30.3 Å². The van der Waals surface area contributed by atoms with E-state index < -0.39 is 0 Å². The Kier molecular flexibility index (Phi) is 5.17. The molecule has 108 valence electrons. The maximum Gasteiger partial charge on any atom is 0.410 e. The van der Waals surface area contributed by atoms with Crippen LogP contribution in [0.1, 0.15) is 12.5 Å². The van der Waals surface area contributed by atoms with Gasteiger partial charge in [-0.25, -0.2) is 4.79 Å². The number of nitrogens with zero attached hydrogens (tertiary/aromatic N) is 1. The number of alkyl halides is 1. The molecule has 20 heavy (non-hydrogen) atoms. The fraction of sp³-hybridized carbons (Fsp3) is 0.467. The lowest BCUT2D eigenvalue weighted by molar-refractivity contribution is -0.120. The highest BCUT2D eigenvalue weighted by Gasteiger charge is 2.36. The quantitative estimate of drug-likeness (QED) is 0.792. The number of ether oxygens (including phenoxy) is 1. The second-order valence-electron chi connectivity index (χ2n) is 5.13. The lowest BCUT2D eigenvalue weighted by Crippen LogP contribution is -2.30. The minimum Gasteiger partial charge on any atom is -0.445 e. The minimum absolute atomic E-state index is 0.0846. The van der Waals surface area contributed by atoms with Gasteiger partial charge in [0.2, 0.25) is 0 Å². The Hall–Kier alpha value is -1.36. The molecule has 0 unspecified atom stereocenters. The number of halogens is 1. The number of Topliss-reactive ketones (excluding diaryl/α,β-unsaturated/α-hetero) is 1. The van der Waals surface area contributed by atoms with E-state index in [1.165, 1.54) is 0 Å². The minimum atomic E-state index is -0.342. The average Bonchev–Trinajstić information content (AvgIpc) is 2.87. The molecule has 4 nitrogen and oxygen atoms in total. The van der Waals surface area contributed by atoms with Gasteiger partial charge in [-0.05, 0) is 11.5 Å². The zero-order valence-electron chi connectivity index (χ0n) is 11.4. The third kappa shape index (κ3) is 3.60. The molecule has 1 amide bonds. The zero-order chi connectivity index (χ0) is 14.5. The van der Waals surface area contributed by atoms with Gasteiger partial charge in [-0.3, -0.25) is 4.79 Å². The molecule has 1 aromatic rings. The largest absolute Gasteiger partial charge is 0.445 e. The number of hydrogen-bond acceptors (Lipinski definition) is 3. The summed E-state index contributed by atoms with van der Waals surface area (Å²) in [6, 6.07) is 9.57. The van der Waals surface area contributed by atoms with E-state index in [4.69, 9.17) is 4.74 Å². The molecule has 0 aliphatic carbocycles. The van der Waals surface area contributed by atoms with Gasteiger partial charge in [0.25, 0.3) is 0 Å². The first kappa shape index (κ1) is 15.0. The van der Waals surface area contributed by atoms with E-state index in [1.807, 2.05) is 37.3 Å². The molecule has 0 saturated carbocycles. The summed E-state index contributed by atoms with van der Waals surface area (Å²) >= 11 is 3.19. The maximum atomic E-state index is 12.0. The highest BCUT2D eigenvalue weighted by molar-refractivity contribution is 9.09. The Bertz CT molecular complexity index is 477. The standard InChI is InChI=1S/C15H18BrNO3/c1-11-8-17(9-13(11)14(18)7-16)15(19)20-10-12-5-3-2-4-6-12/h2-6,11,13H,7-10H2,1H3/t11-,13+/m1/s1. The van der Waals surface area contributed by atoms with E-state index in [9.17, 15) is 9.59 Å². The van der Waals surface area contributed by atoms with E-state index in [2.05, 4.69) is 15.9 Å². The van der Waals surface area contributed by atoms with Crippen molar-refractivity contribution in [3.8, 4) is 0 Å². The molecule has 1 saturated heterocycles. The van der Waals surface area contributed by atoms with Crippen LogP contribution in [-0.4, -0.2) is 35.2 Å². The highest BCUT2D eigenvalue weighted by Crippen LogP contribution is 2.25. The van der Waals surface area contributed by atoms with Crippen LogP contribution in [0.3, 0.4) is 0 Å². The second-order valence-corrected chi connectivity index (χ2v) is 5.69. The first-order valence-corrected chi connectivity index (χ1v) is 7.78. The molecule has 0 aromatic heterocycles. The SMILES string of the molecule is C[C@@H]1CN(C(=O)OCc2ccccc2)C[C@@H]1C(=O)CBr. The molecule has 0 bridgehead atoms. The Morgan fingerprint density at radius 2 is 2.00 bits per heavy atom. The van der Waals surface area contributed by atoms with E-state index >= 15 is 0 Å². The molecule has 0 radical (unpaired) electrons. The maximum absolute atomic E-state index is 12.0. The molecule has 1 heterocycles. The van der Waals surface area contributed by atoms with Gasteiger partial charge in [0.1, 0.15) is 12.4 Å². The topological polar surface area (TPSA) is 46.6 Å². The van der Waals surface area contributed by atoms with Crippen LogP contribution in [-0.2, 0) is 16.1 Å². The molecule has 1 aliphatic rings.